The zero-order chi connectivity index (χ0) is 13.1. The normalized spacial score (nSPS) is 10.7. The van der Waals surface area contributed by atoms with Crippen molar-refractivity contribution < 1.29 is 4.92 Å². The Hall–Kier alpha value is -2.16. The molecule has 0 unspecified atom stereocenters. The van der Waals surface area contributed by atoms with Crippen molar-refractivity contribution in [3.8, 4) is 6.07 Å². The monoisotopic (exact) mass is 234 g/mol. The van der Waals surface area contributed by atoms with Crippen LogP contribution in [0.25, 0.3) is 0 Å². The van der Waals surface area contributed by atoms with Gasteiger partial charge in [0.25, 0.3) is 5.69 Å². The first kappa shape index (κ1) is 12.9. The van der Waals surface area contributed by atoms with Gasteiger partial charge in [-0.2, -0.15) is 5.26 Å². The van der Waals surface area contributed by atoms with Gasteiger partial charge in [-0.15, -0.1) is 0 Å². The van der Waals surface area contributed by atoms with E-state index in [2.05, 4.69) is 10.3 Å². The molecule has 1 aromatic rings. The van der Waals surface area contributed by atoms with Gasteiger partial charge < -0.3 is 5.32 Å². The van der Waals surface area contributed by atoms with Gasteiger partial charge in [0.1, 0.15) is 23.6 Å². The molecule has 0 amide bonds. The predicted molar refractivity (Wildman–Crippen MR) is 63.6 cm³/mol. The van der Waals surface area contributed by atoms with Crippen LogP contribution in [0.1, 0.15) is 26.3 Å². The van der Waals surface area contributed by atoms with Crippen molar-refractivity contribution >= 4 is 11.5 Å². The molecular weight excluding hydrogens is 220 g/mol. The Morgan fingerprint density at radius 1 is 1.59 bits per heavy atom. The molecule has 1 aromatic heterocycles. The van der Waals surface area contributed by atoms with Crippen molar-refractivity contribution in [2.45, 2.75) is 20.8 Å². The van der Waals surface area contributed by atoms with Gasteiger partial charge in [-0.1, -0.05) is 20.8 Å². The van der Waals surface area contributed by atoms with E-state index in [9.17, 15) is 10.1 Å². The molecule has 6 heteroatoms. The van der Waals surface area contributed by atoms with Crippen LogP contribution in [0, 0.1) is 26.9 Å². The van der Waals surface area contributed by atoms with Crippen LogP contribution < -0.4 is 5.32 Å². The Morgan fingerprint density at radius 3 is 2.71 bits per heavy atom. The van der Waals surface area contributed by atoms with Gasteiger partial charge in [-0.05, 0) is 5.41 Å². The van der Waals surface area contributed by atoms with Crippen LogP contribution in [0.3, 0.4) is 0 Å². The van der Waals surface area contributed by atoms with E-state index in [0.29, 0.717) is 12.4 Å². The van der Waals surface area contributed by atoms with Gasteiger partial charge in [0.05, 0.1) is 4.92 Å². The van der Waals surface area contributed by atoms with Crippen LogP contribution in [0.15, 0.2) is 12.3 Å². The number of nitriles is 1. The number of pyridine rings is 1. The third kappa shape index (κ3) is 3.72. The van der Waals surface area contributed by atoms with Crippen molar-refractivity contribution in [2.24, 2.45) is 5.41 Å². The van der Waals surface area contributed by atoms with Gasteiger partial charge >= 0.3 is 0 Å². The molecule has 0 fully saturated rings. The molecule has 0 radical (unpaired) electrons. The molecule has 1 rings (SSSR count). The average molecular weight is 234 g/mol. The first-order chi connectivity index (χ1) is 7.83. The van der Waals surface area contributed by atoms with E-state index in [4.69, 9.17) is 5.26 Å². The Bertz CT molecular complexity index is 471. The lowest BCUT2D eigenvalue weighted by Gasteiger charge is -2.19. The standard InChI is InChI=1S/C11H14N4O2/c1-11(2,3)7-14-10-8(5-12)4-9(6-13-10)15(16)17/h4,6H,7H2,1-3H3,(H,13,14). The Morgan fingerprint density at radius 2 is 2.24 bits per heavy atom. The molecule has 0 atom stereocenters. The molecule has 0 spiro atoms. The van der Waals surface area contributed by atoms with Crippen LogP contribution in [0.4, 0.5) is 11.5 Å². The van der Waals surface area contributed by atoms with Crippen molar-refractivity contribution in [3.63, 3.8) is 0 Å². The molecular formula is C11H14N4O2. The van der Waals surface area contributed by atoms with E-state index in [0.717, 1.165) is 6.20 Å². The number of nitro groups is 1. The summed E-state index contributed by atoms with van der Waals surface area (Å²) >= 11 is 0. The second-order valence-corrected chi connectivity index (χ2v) is 4.87. The number of hydrogen-bond donors (Lipinski definition) is 1. The Labute approximate surface area is 99.4 Å². The van der Waals surface area contributed by atoms with Crippen LogP contribution >= 0.6 is 0 Å². The summed E-state index contributed by atoms with van der Waals surface area (Å²) in [5.41, 5.74) is 0.0437. The average Bonchev–Trinajstić information content (AvgIpc) is 2.24. The zero-order valence-corrected chi connectivity index (χ0v) is 10.0. The SMILES string of the molecule is CC(C)(C)CNc1ncc([N+](=O)[O-])cc1C#N. The predicted octanol–water partition coefficient (Wildman–Crippen LogP) is 2.32. The van der Waals surface area contributed by atoms with Crippen molar-refractivity contribution in [3.05, 3.63) is 27.9 Å². The van der Waals surface area contributed by atoms with E-state index >= 15 is 0 Å². The first-order valence-corrected chi connectivity index (χ1v) is 5.12. The largest absolute Gasteiger partial charge is 0.368 e. The maximum absolute atomic E-state index is 10.5. The molecule has 0 saturated heterocycles. The highest BCUT2D eigenvalue weighted by Gasteiger charge is 2.14. The van der Waals surface area contributed by atoms with Gasteiger partial charge in [0, 0.05) is 12.6 Å². The summed E-state index contributed by atoms with van der Waals surface area (Å²) < 4.78 is 0. The summed E-state index contributed by atoms with van der Waals surface area (Å²) in [5, 5.41) is 22.4. The van der Waals surface area contributed by atoms with Crippen molar-refractivity contribution in [1.82, 2.24) is 4.98 Å². The molecule has 0 bridgehead atoms. The smallest absolute Gasteiger partial charge is 0.289 e. The van der Waals surface area contributed by atoms with E-state index in [1.165, 1.54) is 6.07 Å². The molecule has 1 heterocycles. The Kier molecular flexibility index (Phi) is 3.63. The second-order valence-electron chi connectivity index (χ2n) is 4.87. The molecule has 0 aliphatic carbocycles. The molecule has 1 N–H and O–H groups in total. The maximum atomic E-state index is 10.5. The summed E-state index contributed by atoms with van der Waals surface area (Å²) in [6.45, 7) is 6.75. The van der Waals surface area contributed by atoms with Crippen LogP contribution in [0.2, 0.25) is 0 Å². The van der Waals surface area contributed by atoms with E-state index in [1.54, 1.807) is 0 Å². The number of hydrogen-bond acceptors (Lipinski definition) is 5. The van der Waals surface area contributed by atoms with Crippen LogP contribution in [0.5, 0.6) is 0 Å². The summed E-state index contributed by atoms with van der Waals surface area (Å²) in [6.07, 6.45) is 1.14. The van der Waals surface area contributed by atoms with E-state index < -0.39 is 4.92 Å². The maximum Gasteiger partial charge on any atom is 0.289 e. The molecule has 0 aliphatic rings. The summed E-state index contributed by atoms with van der Waals surface area (Å²) in [4.78, 5) is 13.9. The summed E-state index contributed by atoms with van der Waals surface area (Å²) in [6, 6.07) is 3.12. The lowest BCUT2D eigenvalue weighted by Crippen LogP contribution is -2.20. The number of rotatable bonds is 3. The van der Waals surface area contributed by atoms with Crippen molar-refractivity contribution in [2.75, 3.05) is 11.9 Å². The highest BCUT2D eigenvalue weighted by atomic mass is 16.6. The Balaban J connectivity index is 2.95. The summed E-state index contributed by atoms with van der Waals surface area (Å²) in [5.74, 6) is 0.382. The molecule has 0 aromatic carbocycles. The van der Waals surface area contributed by atoms with Gasteiger partial charge in [-0.25, -0.2) is 4.98 Å². The molecule has 17 heavy (non-hydrogen) atoms. The molecule has 6 nitrogen and oxygen atoms in total. The van der Waals surface area contributed by atoms with Crippen molar-refractivity contribution in [1.29, 1.82) is 5.26 Å². The van der Waals surface area contributed by atoms with Gasteiger partial charge in [0.2, 0.25) is 0 Å². The lowest BCUT2D eigenvalue weighted by atomic mass is 9.97. The van der Waals surface area contributed by atoms with Crippen LogP contribution in [-0.2, 0) is 0 Å². The minimum absolute atomic E-state index is 0.0379. The quantitative estimate of drug-likeness (QED) is 0.640. The topological polar surface area (TPSA) is 91.8 Å². The van der Waals surface area contributed by atoms with E-state index in [-0.39, 0.29) is 16.7 Å². The van der Waals surface area contributed by atoms with Crippen LogP contribution in [-0.4, -0.2) is 16.5 Å². The first-order valence-electron chi connectivity index (χ1n) is 5.12. The lowest BCUT2D eigenvalue weighted by molar-refractivity contribution is -0.385. The number of aromatic nitrogens is 1. The minimum Gasteiger partial charge on any atom is -0.368 e. The number of nitrogens with one attached hydrogen (secondary N) is 1. The van der Waals surface area contributed by atoms with E-state index in [1.807, 2.05) is 26.8 Å². The number of nitrogens with zero attached hydrogens (tertiary/aromatic N) is 3. The fourth-order valence-electron chi connectivity index (χ4n) is 1.13. The fraction of sp³-hybridized carbons (Fsp3) is 0.455. The fourth-order valence-corrected chi connectivity index (χ4v) is 1.13. The highest BCUT2D eigenvalue weighted by Crippen LogP contribution is 2.20. The third-order valence-corrected chi connectivity index (χ3v) is 1.99. The molecule has 90 valence electrons. The minimum atomic E-state index is -0.568. The number of anilines is 1. The van der Waals surface area contributed by atoms with Gasteiger partial charge in [-0.3, -0.25) is 10.1 Å². The molecule has 0 saturated carbocycles. The summed E-state index contributed by atoms with van der Waals surface area (Å²) in [7, 11) is 0. The third-order valence-electron chi connectivity index (χ3n) is 1.99. The van der Waals surface area contributed by atoms with Gasteiger partial charge in [0.15, 0.2) is 0 Å². The zero-order valence-electron chi connectivity index (χ0n) is 10.0. The molecule has 0 aliphatic heterocycles. The second kappa shape index (κ2) is 4.78. The highest BCUT2D eigenvalue weighted by molar-refractivity contribution is 5.55.